The van der Waals surface area contributed by atoms with Crippen LogP contribution in [0.2, 0.25) is 0 Å². The lowest BCUT2D eigenvalue weighted by Crippen LogP contribution is -2.55. The normalized spacial score (nSPS) is 19.4. The Morgan fingerprint density at radius 1 is 1.13 bits per heavy atom. The Balaban J connectivity index is 1.54. The fraction of sp³-hybridized carbons (Fsp3) is 0.609. The first-order chi connectivity index (χ1) is 15.1. The minimum Gasteiger partial charge on any atom is -0.368 e. The largest absolute Gasteiger partial charge is 0.368 e. The Labute approximate surface area is 185 Å². The van der Waals surface area contributed by atoms with E-state index in [1.807, 2.05) is 54.0 Å². The van der Waals surface area contributed by atoms with Crippen molar-refractivity contribution in [2.75, 3.05) is 52.4 Å². The number of guanidine groups is 1. The first-order valence-electron chi connectivity index (χ1n) is 11.4. The van der Waals surface area contributed by atoms with Gasteiger partial charge in [-0.3, -0.25) is 9.59 Å². The van der Waals surface area contributed by atoms with Gasteiger partial charge in [-0.1, -0.05) is 30.3 Å². The van der Waals surface area contributed by atoms with Gasteiger partial charge in [0.1, 0.15) is 12.6 Å². The number of ether oxygens (including phenoxy) is 1. The second kappa shape index (κ2) is 11.7. The summed E-state index contributed by atoms with van der Waals surface area (Å²) < 4.78 is 5.54. The number of nitrogens with zero attached hydrogens (tertiary/aromatic N) is 4. The molecule has 3 rings (SSSR count). The summed E-state index contributed by atoms with van der Waals surface area (Å²) in [4.78, 5) is 35.8. The molecule has 2 aliphatic rings. The van der Waals surface area contributed by atoms with Crippen molar-refractivity contribution in [2.45, 2.75) is 39.3 Å². The van der Waals surface area contributed by atoms with Crippen LogP contribution in [0, 0.1) is 0 Å². The van der Waals surface area contributed by atoms with Crippen molar-refractivity contribution in [1.82, 2.24) is 20.0 Å². The van der Waals surface area contributed by atoms with Crippen LogP contribution in [0.15, 0.2) is 35.3 Å². The summed E-state index contributed by atoms with van der Waals surface area (Å²) in [6, 6.07) is 10.0. The van der Waals surface area contributed by atoms with Gasteiger partial charge in [0.25, 0.3) is 5.91 Å². The van der Waals surface area contributed by atoms with Crippen LogP contribution in [-0.2, 0) is 20.9 Å². The number of aliphatic imine (C=N–C) groups is 1. The van der Waals surface area contributed by atoms with Gasteiger partial charge in [0.2, 0.25) is 5.91 Å². The first-order valence-corrected chi connectivity index (χ1v) is 11.4. The van der Waals surface area contributed by atoms with E-state index in [1.54, 1.807) is 0 Å². The summed E-state index contributed by atoms with van der Waals surface area (Å²) in [5, 5.41) is 3.29. The highest BCUT2D eigenvalue weighted by molar-refractivity contribution is 5.85. The smallest absolute Gasteiger partial charge is 0.251 e. The van der Waals surface area contributed by atoms with Crippen molar-refractivity contribution in [3.63, 3.8) is 0 Å². The van der Waals surface area contributed by atoms with Gasteiger partial charge < -0.3 is 24.8 Å². The van der Waals surface area contributed by atoms with Crippen molar-refractivity contribution in [3.05, 3.63) is 35.9 Å². The molecule has 1 aromatic carbocycles. The third kappa shape index (κ3) is 6.43. The fourth-order valence-electron chi connectivity index (χ4n) is 3.96. The van der Waals surface area contributed by atoms with Gasteiger partial charge in [-0.05, 0) is 32.3 Å². The molecule has 31 heavy (non-hydrogen) atoms. The third-order valence-electron chi connectivity index (χ3n) is 5.75. The van der Waals surface area contributed by atoms with E-state index in [0.29, 0.717) is 45.9 Å². The van der Waals surface area contributed by atoms with Gasteiger partial charge in [-0.2, -0.15) is 0 Å². The molecule has 1 N–H and O–H groups in total. The van der Waals surface area contributed by atoms with Gasteiger partial charge in [-0.25, -0.2) is 4.99 Å². The number of hydrogen-bond acceptors (Lipinski definition) is 4. The number of amides is 2. The molecule has 1 unspecified atom stereocenters. The minimum absolute atomic E-state index is 0.00829. The molecule has 0 radical (unpaired) electrons. The SMILES string of the molecule is CCNC(=NCC(=O)N(CC)Cc1ccccc1)N1CCN(C(=O)C2CCCO2)CC1. The van der Waals surface area contributed by atoms with Crippen molar-refractivity contribution < 1.29 is 14.3 Å². The molecule has 8 nitrogen and oxygen atoms in total. The lowest BCUT2D eigenvalue weighted by Gasteiger charge is -2.37. The molecule has 8 heteroatoms. The molecule has 0 aromatic heterocycles. The summed E-state index contributed by atoms with van der Waals surface area (Å²) >= 11 is 0. The van der Waals surface area contributed by atoms with E-state index in [2.05, 4.69) is 15.2 Å². The minimum atomic E-state index is -0.268. The summed E-state index contributed by atoms with van der Waals surface area (Å²) in [5.41, 5.74) is 1.11. The standard InChI is InChI=1S/C23H35N5O3/c1-3-24-23(25-17-21(29)26(4-2)18-19-9-6-5-7-10-19)28-14-12-27(13-15-28)22(30)20-11-8-16-31-20/h5-7,9-10,20H,3-4,8,11-18H2,1-2H3,(H,24,25). The predicted octanol–water partition coefficient (Wildman–Crippen LogP) is 1.32. The van der Waals surface area contributed by atoms with E-state index in [-0.39, 0.29) is 24.5 Å². The highest BCUT2D eigenvalue weighted by Gasteiger charge is 2.31. The number of hydrogen-bond donors (Lipinski definition) is 1. The summed E-state index contributed by atoms with van der Waals surface area (Å²) in [6.45, 7) is 9.43. The fourth-order valence-corrected chi connectivity index (χ4v) is 3.96. The summed E-state index contributed by atoms with van der Waals surface area (Å²) in [5.74, 6) is 0.846. The number of benzene rings is 1. The topological polar surface area (TPSA) is 77.5 Å². The molecule has 0 spiro atoms. The maximum atomic E-state index is 12.8. The van der Waals surface area contributed by atoms with Crippen LogP contribution in [0.1, 0.15) is 32.3 Å². The maximum absolute atomic E-state index is 12.8. The molecule has 2 heterocycles. The zero-order valence-electron chi connectivity index (χ0n) is 18.8. The van der Waals surface area contributed by atoms with Gasteiger partial charge in [0.15, 0.2) is 5.96 Å². The van der Waals surface area contributed by atoms with Gasteiger partial charge >= 0.3 is 0 Å². The Morgan fingerprint density at radius 3 is 2.45 bits per heavy atom. The Hall–Kier alpha value is -2.61. The molecule has 1 atom stereocenters. The monoisotopic (exact) mass is 429 g/mol. The van der Waals surface area contributed by atoms with Gasteiger partial charge in [-0.15, -0.1) is 0 Å². The molecule has 170 valence electrons. The van der Waals surface area contributed by atoms with Crippen molar-refractivity contribution in [1.29, 1.82) is 0 Å². The Morgan fingerprint density at radius 2 is 1.84 bits per heavy atom. The highest BCUT2D eigenvalue weighted by Crippen LogP contribution is 2.16. The van der Waals surface area contributed by atoms with E-state index in [9.17, 15) is 9.59 Å². The molecule has 0 saturated carbocycles. The van der Waals surface area contributed by atoms with Crippen LogP contribution < -0.4 is 5.32 Å². The second-order valence-electron chi connectivity index (χ2n) is 7.88. The Bertz CT molecular complexity index is 741. The maximum Gasteiger partial charge on any atom is 0.251 e. The molecule has 2 saturated heterocycles. The number of carbonyl (C=O) groups is 2. The quantitative estimate of drug-likeness (QED) is 0.523. The van der Waals surface area contributed by atoms with Gasteiger partial charge in [0, 0.05) is 52.4 Å². The number of likely N-dealkylation sites (N-methyl/N-ethyl adjacent to an activating group) is 1. The Kier molecular flexibility index (Phi) is 8.70. The number of nitrogens with one attached hydrogen (secondary N) is 1. The molecular formula is C23H35N5O3. The number of rotatable bonds is 7. The van der Waals surface area contributed by atoms with E-state index in [1.165, 1.54) is 0 Å². The number of carbonyl (C=O) groups excluding carboxylic acids is 2. The van der Waals surface area contributed by atoms with Gasteiger partial charge in [0.05, 0.1) is 0 Å². The van der Waals surface area contributed by atoms with Crippen LogP contribution in [-0.4, -0.2) is 91.0 Å². The van der Waals surface area contributed by atoms with E-state index in [4.69, 9.17) is 4.74 Å². The van der Waals surface area contributed by atoms with E-state index >= 15 is 0 Å². The first kappa shape index (κ1) is 23.1. The highest BCUT2D eigenvalue weighted by atomic mass is 16.5. The van der Waals surface area contributed by atoms with E-state index in [0.717, 1.165) is 30.9 Å². The molecule has 0 aliphatic carbocycles. The summed E-state index contributed by atoms with van der Waals surface area (Å²) in [6.07, 6.45) is 1.51. The average Bonchev–Trinajstić information content (AvgIpc) is 3.35. The lowest BCUT2D eigenvalue weighted by molar-refractivity contribution is -0.142. The molecule has 0 bridgehead atoms. The zero-order valence-corrected chi connectivity index (χ0v) is 18.8. The third-order valence-corrected chi connectivity index (χ3v) is 5.75. The predicted molar refractivity (Wildman–Crippen MR) is 121 cm³/mol. The lowest BCUT2D eigenvalue weighted by atomic mass is 10.2. The number of piperazine rings is 1. The van der Waals surface area contributed by atoms with Crippen LogP contribution >= 0.6 is 0 Å². The van der Waals surface area contributed by atoms with Crippen molar-refractivity contribution in [2.24, 2.45) is 4.99 Å². The zero-order chi connectivity index (χ0) is 22.1. The summed E-state index contributed by atoms with van der Waals surface area (Å²) in [7, 11) is 0. The molecule has 1 aromatic rings. The van der Waals surface area contributed by atoms with Crippen LogP contribution in [0.25, 0.3) is 0 Å². The molecule has 2 amide bonds. The van der Waals surface area contributed by atoms with Crippen molar-refractivity contribution in [3.8, 4) is 0 Å². The van der Waals surface area contributed by atoms with Crippen molar-refractivity contribution >= 4 is 17.8 Å². The van der Waals surface area contributed by atoms with E-state index < -0.39 is 0 Å². The molecular weight excluding hydrogens is 394 g/mol. The molecule has 2 aliphatic heterocycles. The molecule has 2 fully saturated rings. The van der Waals surface area contributed by atoms with Crippen LogP contribution in [0.4, 0.5) is 0 Å². The second-order valence-corrected chi connectivity index (χ2v) is 7.88. The average molecular weight is 430 g/mol. The van der Waals surface area contributed by atoms with Crippen LogP contribution in [0.3, 0.4) is 0 Å². The van der Waals surface area contributed by atoms with Crippen LogP contribution in [0.5, 0.6) is 0 Å².